The average Bonchev–Trinajstić information content (AvgIpc) is 2.73. The van der Waals surface area contributed by atoms with Crippen LogP contribution in [0.15, 0.2) is 17.6 Å². The van der Waals surface area contributed by atoms with Crippen molar-refractivity contribution in [1.29, 1.82) is 0 Å². The second-order valence-electron chi connectivity index (χ2n) is 5.06. The third-order valence-corrected chi connectivity index (χ3v) is 4.56. The SMILES string of the molecule is CC(=O)c1c(C)cc(C)c(CSc2nncn2C)c1C. The molecule has 0 amide bonds. The van der Waals surface area contributed by atoms with Crippen molar-refractivity contribution in [2.45, 2.75) is 38.6 Å². The molecule has 0 aliphatic heterocycles. The number of hydrogen-bond donors (Lipinski definition) is 0. The minimum absolute atomic E-state index is 0.130. The van der Waals surface area contributed by atoms with Gasteiger partial charge in [0.25, 0.3) is 0 Å². The maximum atomic E-state index is 11.8. The summed E-state index contributed by atoms with van der Waals surface area (Å²) in [5, 5.41) is 8.83. The molecule has 1 aromatic carbocycles. The fourth-order valence-corrected chi connectivity index (χ4v) is 3.60. The van der Waals surface area contributed by atoms with Crippen LogP contribution >= 0.6 is 11.8 Å². The number of thioether (sulfide) groups is 1. The van der Waals surface area contributed by atoms with Crippen LogP contribution in [-0.4, -0.2) is 20.5 Å². The molecule has 0 saturated carbocycles. The van der Waals surface area contributed by atoms with Gasteiger partial charge >= 0.3 is 0 Å². The van der Waals surface area contributed by atoms with Gasteiger partial charge in [-0.25, -0.2) is 0 Å². The summed E-state index contributed by atoms with van der Waals surface area (Å²) in [6.07, 6.45) is 1.69. The molecule has 0 bridgehead atoms. The highest BCUT2D eigenvalue weighted by molar-refractivity contribution is 7.98. The summed E-state index contributed by atoms with van der Waals surface area (Å²) in [5.41, 5.74) is 5.43. The molecule has 106 valence electrons. The largest absolute Gasteiger partial charge is 0.312 e. The first kappa shape index (κ1) is 14.8. The zero-order valence-electron chi connectivity index (χ0n) is 12.5. The van der Waals surface area contributed by atoms with Gasteiger partial charge in [0.2, 0.25) is 0 Å². The highest BCUT2D eigenvalue weighted by Crippen LogP contribution is 2.28. The van der Waals surface area contributed by atoms with Crippen molar-refractivity contribution in [2.24, 2.45) is 7.05 Å². The lowest BCUT2D eigenvalue weighted by Crippen LogP contribution is -2.05. The van der Waals surface area contributed by atoms with Crippen LogP contribution in [-0.2, 0) is 12.8 Å². The van der Waals surface area contributed by atoms with Gasteiger partial charge in [-0.3, -0.25) is 4.79 Å². The minimum Gasteiger partial charge on any atom is -0.312 e. The Morgan fingerprint density at radius 1 is 1.30 bits per heavy atom. The number of hydrogen-bond acceptors (Lipinski definition) is 4. The maximum absolute atomic E-state index is 11.8. The number of carbonyl (C=O) groups is 1. The minimum atomic E-state index is 0.130. The van der Waals surface area contributed by atoms with Crippen molar-refractivity contribution in [3.63, 3.8) is 0 Å². The summed E-state index contributed by atoms with van der Waals surface area (Å²) in [6, 6.07) is 2.09. The highest BCUT2D eigenvalue weighted by Gasteiger charge is 2.15. The Morgan fingerprint density at radius 3 is 2.55 bits per heavy atom. The first-order chi connectivity index (χ1) is 9.41. The van der Waals surface area contributed by atoms with Crippen molar-refractivity contribution < 1.29 is 4.79 Å². The quantitative estimate of drug-likeness (QED) is 0.640. The predicted molar refractivity (Wildman–Crippen MR) is 81.2 cm³/mol. The van der Waals surface area contributed by atoms with E-state index in [0.29, 0.717) is 0 Å². The highest BCUT2D eigenvalue weighted by atomic mass is 32.2. The average molecular weight is 289 g/mol. The van der Waals surface area contributed by atoms with Gasteiger partial charge in [0.05, 0.1) is 0 Å². The third kappa shape index (κ3) is 2.77. The van der Waals surface area contributed by atoms with Crippen LogP contribution in [0.5, 0.6) is 0 Å². The Morgan fingerprint density at radius 2 is 2.00 bits per heavy atom. The van der Waals surface area contributed by atoms with Crippen molar-refractivity contribution in [2.75, 3.05) is 0 Å². The Hall–Kier alpha value is -1.62. The smallest absolute Gasteiger partial charge is 0.191 e. The molecule has 1 heterocycles. The summed E-state index contributed by atoms with van der Waals surface area (Å²) in [7, 11) is 1.93. The van der Waals surface area contributed by atoms with E-state index in [-0.39, 0.29) is 5.78 Å². The van der Waals surface area contributed by atoms with E-state index < -0.39 is 0 Å². The molecule has 0 spiro atoms. The molecular formula is C15H19N3OS. The van der Waals surface area contributed by atoms with E-state index in [0.717, 1.165) is 27.6 Å². The standard InChI is InChI=1S/C15H19N3OS/c1-9-6-10(2)14(12(4)19)11(3)13(9)7-20-15-17-16-8-18(15)5/h6,8H,7H2,1-5H3. The van der Waals surface area contributed by atoms with E-state index in [9.17, 15) is 4.79 Å². The van der Waals surface area contributed by atoms with E-state index in [1.807, 2.05) is 25.5 Å². The molecule has 0 saturated heterocycles. The molecular weight excluding hydrogens is 270 g/mol. The van der Waals surface area contributed by atoms with E-state index in [2.05, 4.69) is 23.2 Å². The van der Waals surface area contributed by atoms with Gasteiger partial charge in [-0.15, -0.1) is 10.2 Å². The van der Waals surface area contributed by atoms with E-state index in [1.54, 1.807) is 25.0 Å². The molecule has 0 aliphatic rings. The lowest BCUT2D eigenvalue weighted by molar-refractivity contribution is 0.101. The Labute approximate surface area is 123 Å². The number of aryl methyl sites for hydroxylation is 3. The zero-order valence-corrected chi connectivity index (χ0v) is 13.3. The van der Waals surface area contributed by atoms with E-state index >= 15 is 0 Å². The Kier molecular flexibility index (Phi) is 4.28. The van der Waals surface area contributed by atoms with Gasteiger partial charge < -0.3 is 4.57 Å². The molecule has 0 fully saturated rings. The molecule has 4 nitrogen and oxygen atoms in total. The molecule has 2 aromatic rings. The number of Topliss-reactive ketones (excluding diaryl/α,β-unsaturated/α-hetero) is 1. The van der Waals surface area contributed by atoms with Crippen LogP contribution < -0.4 is 0 Å². The molecule has 5 heteroatoms. The topological polar surface area (TPSA) is 47.8 Å². The molecule has 0 radical (unpaired) electrons. The zero-order chi connectivity index (χ0) is 14.9. The first-order valence-corrected chi connectivity index (χ1v) is 7.47. The lowest BCUT2D eigenvalue weighted by Gasteiger charge is -2.15. The fourth-order valence-electron chi connectivity index (χ4n) is 2.53. The van der Waals surface area contributed by atoms with Gasteiger partial charge in [0, 0.05) is 18.4 Å². The van der Waals surface area contributed by atoms with Gasteiger partial charge in [-0.05, 0) is 49.9 Å². The molecule has 20 heavy (non-hydrogen) atoms. The number of benzene rings is 1. The Balaban J connectivity index is 2.34. The van der Waals surface area contributed by atoms with Gasteiger partial charge in [0.15, 0.2) is 10.9 Å². The van der Waals surface area contributed by atoms with Crippen molar-refractivity contribution in [3.05, 3.63) is 40.2 Å². The van der Waals surface area contributed by atoms with Crippen LogP contribution in [0.25, 0.3) is 0 Å². The van der Waals surface area contributed by atoms with Crippen molar-refractivity contribution in [1.82, 2.24) is 14.8 Å². The second-order valence-corrected chi connectivity index (χ2v) is 6.00. The number of nitrogens with zero attached hydrogens (tertiary/aromatic N) is 3. The van der Waals surface area contributed by atoms with E-state index in [4.69, 9.17) is 0 Å². The number of carbonyl (C=O) groups excluding carboxylic acids is 1. The third-order valence-electron chi connectivity index (χ3n) is 3.50. The van der Waals surface area contributed by atoms with Crippen LogP contribution in [0.3, 0.4) is 0 Å². The summed E-state index contributed by atoms with van der Waals surface area (Å²) in [6.45, 7) is 7.75. The number of ketones is 1. The number of rotatable bonds is 4. The van der Waals surface area contributed by atoms with Gasteiger partial charge in [0.1, 0.15) is 6.33 Å². The summed E-state index contributed by atoms with van der Waals surface area (Å²) in [4.78, 5) is 11.8. The molecule has 0 N–H and O–H groups in total. The predicted octanol–water partition coefficient (Wildman–Crippen LogP) is 3.24. The fraction of sp³-hybridized carbons (Fsp3) is 0.400. The van der Waals surface area contributed by atoms with Gasteiger partial charge in [-0.1, -0.05) is 17.8 Å². The summed E-state index contributed by atoms with van der Waals surface area (Å²) < 4.78 is 1.90. The van der Waals surface area contributed by atoms with Crippen LogP contribution in [0.2, 0.25) is 0 Å². The summed E-state index contributed by atoms with van der Waals surface area (Å²) >= 11 is 1.64. The summed E-state index contributed by atoms with van der Waals surface area (Å²) in [5.74, 6) is 0.926. The molecule has 0 aliphatic carbocycles. The van der Waals surface area contributed by atoms with Gasteiger partial charge in [-0.2, -0.15) is 0 Å². The second kappa shape index (κ2) is 5.79. The Bertz CT molecular complexity index is 661. The normalized spacial score (nSPS) is 10.8. The van der Waals surface area contributed by atoms with Crippen LogP contribution in [0.4, 0.5) is 0 Å². The molecule has 0 unspecified atom stereocenters. The molecule has 2 rings (SSSR count). The van der Waals surface area contributed by atoms with E-state index in [1.165, 1.54) is 11.1 Å². The first-order valence-electron chi connectivity index (χ1n) is 6.49. The lowest BCUT2D eigenvalue weighted by atomic mass is 9.92. The maximum Gasteiger partial charge on any atom is 0.191 e. The van der Waals surface area contributed by atoms with Crippen LogP contribution in [0, 0.1) is 20.8 Å². The van der Waals surface area contributed by atoms with Crippen molar-refractivity contribution in [3.8, 4) is 0 Å². The van der Waals surface area contributed by atoms with Crippen molar-refractivity contribution >= 4 is 17.5 Å². The van der Waals surface area contributed by atoms with Crippen LogP contribution in [0.1, 0.15) is 39.5 Å². The monoisotopic (exact) mass is 289 g/mol. The number of aromatic nitrogens is 3. The molecule has 0 atom stereocenters. The molecule has 1 aromatic heterocycles.